The van der Waals surface area contributed by atoms with Gasteiger partial charge in [0.2, 0.25) is 15.9 Å². The molecule has 0 radical (unpaired) electrons. The number of benzene rings is 3. The maximum absolute atomic E-state index is 13.7. The number of nitro benzene ring substituents is 1. The standard InChI is InChI=1S/C26H30N6O5S/c1-30(22-10-5-13-31(17-22)26(27)28)25(33)24(15-18-6-4-9-21(14-18)32(34)35)29-38(36,37)23-12-11-19-7-2-3-8-20(19)16-23/h2-4,6-9,11-12,14,16,22,24,29H,5,10,13,15,17H2,1H3,(H3,27,28)/t22?,24-/m0/s1. The molecular weight excluding hydrogens is 508 g/mol. The zero-order valence-corrected chi connectivity index (χ0v) is 21.7. The Labute approximate surface area is 220 Å². The highest BCUT2D eigenvalue weighted by Gasteiger charge is 2.33. The van der Waals surface area contributed by atoms with Gasteiger partial charge in [-0.3, -0.25) is 20.3 Å². The second kappa shape index (κ2) is 11.2. The average Bonchev–Trinajstić information content (AvgIpc) is 2.91. The Hall–Kier alpha value is -4.03. The van der Waals surface area contributed by atoms with Crippen LogP contribution in [0.1, 0.15) is 18.4 Å². The summed E-state index contributed by atoms with van der Waals surface area (Å²) in [6.07, 6.45) is 1.31. The number of piperidine rings is 1. The molecule has 0 aliphatic carbocycles. The molecule has 11 nitrogen and oxygen atoms in total. The molecule has 1 fully saturated rings. The fourth-order valence-corrected chi connectivity index (χ4v) is 5.94. The lowest BCUT2D eigenvalue weighted by atomic mass is 10.0. The minimum absolute atomic E-state index is 0.0103. The number of nitrogens with one attached hydrogen (secondary N) is 2. The number of hydrogen-bond acceptors (Lipinski definition) is 6. The van der Waals surface area contributed by atoms with Crippen LogP contribution in [0.25, 0.3) is 10.8 Å². The van der Waals surface area contributed by atoms with Crippen molar-refractivity contribution in [2.45, 2.75) is 36.2 Å². The third kappa shape index (κ3) is 6.09. The van der Waals surface area contributed by atoms with Gasteiger partial charge in [0.25, 0.3) is 5.69 Å². The van der Waals surface area contributed by atoms with Crippen molar-refractivity contribution < 1.29 is 18.1 Å². The van der Waals surface area contributed by atoms with E-state index in [0.717, 1.165) is 17.2 Å². The molecule has 38 heavy (non-hydrogen) atoms. The van der Waals surface area contributed by atoms with Gasteiger partial charge in [0.15, 0.2) is 5.96 Å². The minimum atomic E-state index is -4.13. The van der Waals surface area contributed by atoms with Crippen LogP contribution in [-0.4, -0.2) is 67.2 Å². The second-order valence-electron chi connectivity index (χ2n) is 9.39. The molecule has 1 aliphatic rings. The Morgan fingerprint density at radius 3 is 2.63 bits per heavy atom. The van der Waals surface area contributed by atoms with E-state index >= 15 is 0 Å². The average molecular weight is 539 g/mol. The van der Waals surface area contributed by atoms with Crippen LogP contribution in [0.5, 0.6) is 0 Å². The van der Waals surface area contributed by atoms with Crippen molar-refractivity contribution in [3.05, 3.63) is 82.4 Å². The van der Waals surface area contributed by atoms with Crippen LogP contribution < -0.4 is 10.5 Å². The number of non-ortho nitro benzene ring substituents is 1. The van der Waals surface area contributed by atoms with Crippen molar-refractivity contribution in [2.24, 2.45) is 5.73 Å². The number of likely N-dealkylation sites (tertiary alicyclic amines) is 1. The van der Waals surface area contributed by atoms with Crippen molar-refractivity contribution in [3.63, 3.8) is 0 Å². The number of hydrogen-bond donors (Lipinski definition) is 3. The van der Waals surface area contributed by atoms with Crippen molar-refractivity contribution >= 4 is 38.3 Å². The van der Waals surface area contributed by atoms with Crippen LogP contribution in [-0.2, 0) is 21.2 Å². The van der Waals surface area contributed by atoms with Crippen LogP contribution in [0.2, 0.25) is 0 Å². The number of amides is 1. The lowest BCUT2D eigenvalue weighted by Gasteiger charge is -2.39. The molecule has 4 rings (SSSR count). The van der Waals surface area contributed by atoms with E-state index in [-0.39, 0.29) is 29.0 Å². The van der Waals surface area contributed by atoms with Crippen molar-refractivity contribution in [1.29, 1.82) is 5.41 Å². The molecule has 12 heteroatoms. The number of nitro groups is 1. The number of carbonyl (C=O) groups is 1. The van der Waals surface area contributed by atoms with E-state index in [0.29, 0.717) is 25.1 Å². The van der Waals surface area contributed by atoms with Crippen LogP contribution in [0.3, 0.4) is 0 Å². The lowest BCUT2D eigenvalue weighted by molar-refractivity contribution is -0.384. The molecule has 0 saturated carbocycles. The Morgan fingerprint density at radius 1 is 1.18 bits per heavy atom. The van der Waals surface area contributed by atoms with Crippen LogP contribution >= 0.6 is 0 Å². The number of nitrogens with two attached hydrogens (primary N) is 1. The molecule has 200 valence electrons. The molecular formula is C26H30N6O5S. The van der Waals surface area contributed by atoms with Gasteiger partial charge >= 0.3 is 0 Å². The summed E-state index contributed by atoms with van der Waals surface area (Å²) in [5.74, 6) is -0.558. The number of sulfonamides is 1. The van der Waals surface area contributed by atoms with Crippen molar-refractivity contribution in [1.82, 2.24) is 14.5 Å². The number of fused-ring (bicyclic) bond motifs is 1. The fourth-order valence-electron chi connectivity index (χ4n) is 4.72. The summed E-state index contributed by atoms with van der Waals surface area (Å²) in [7, 11) is -2.53. The van der Waals surface area contributed by atoms with E-state index < -0.39 is 26.9 Å². The van der Waals surface area contributed by atoms with E-state index in [1.54, 1.807) is 36.2 Å². The van der Waals surface area contributed by atoms with Crippen LogP contribution in [0.15, 0.2) is 71.6 Å². The zero-order valence-electron chi connectivity index (χ0n) is 20.9. The monoisotopic (exact) mass is 538 g/mol. The molecule has 1 saturated heterocycles. The number of nitrogens with zero attached hydrogens (tertiary/aromatic N) is 3. The summed E-state index contributed by atoms with van der Waals surface area (Å²) in [5.41, 5.74) is 5.95. The normalized spacial score (nSPS) is 16.7. The smallest absolute Gasteiger partial charge is 0.269 e. The molecule has 1 aliphatic heterocycles. The Kier molecular flexibility index (Phi) is 7.93. The molecule has 1 unspecified atom stereocenters. The van der Waals surface area contributed by atoms with E-state index in [4.69, 9.17) is 11.1 Å². The first-order chi connectivity index (χ1) is 18.0. The number of carbonyl (C=O) groups excluding carboxylic acids is 1. The van der Waals surface area contributed by atoms with Gasteiger partial charge in [-0.05, 0) is 47.7 Å². The quantitative estimate of drug-likeness (QED) is 0.172. The maximum Gasteiger partial charge on any atom is 0.269 e. The van der Waals surface area contributed by atoms with E-state index in [9.17, 15) is 23.3 Å². The largest absolute Gasteiger partial charge is 0.370 e. The molecule has 2 atom stereocenters. The topological polar surface area (TPSA) is 163 Å². The highest BCUT2D eigenvalue weighted by molar-refractivity contribution is 7.89. The lowest BCUT2D eigenvalue weighted by Crippen LogP contribution is -2.56. The highest BCUT2D eigenvalue weighted by Crippen LogP contribution is 2.22. The second-order valence-corrected chi connectivity index (χ2v) is 11.1. The summed E-state index contributed by atoms with van der Waals surface area (Å²) in [5, 5.41) is 20.6. The van der Waals surface area contributed by atoms with Gasteiger partial charge in [0.1, 0.15) is 6.04 Å². The molecule has 0 spiro atoms. The first-order valence-corrected chi connectivity index (χ1v) is 13.6. The van der Waals surface area contributed by atoms with Crippen molar-refractivity contribution in [3.8, 4) is 0 Å². The predicted molar refractivity (Wildman–Crippen MR) is 144 cm³/mol. The Bertz CT molecular complexity index is 1480. The molecule has 3 aromatic carbocycles. The summed E-state index contributed by atoms with van der Waals surface area (Å²) >= 11 is 0. The first kappa shape index (κ1) is 27.0. The zero-order chi connectivity index (χ0) is 27.4. The number of rotatable bonds is 8. The van der Waals surface area contributed by atoms with E-state index in [1.165, 1.54) is 29.2 Å². The summed E-state index contributed by atoms with van der Waals surface area (Å²) in [6, 6.07) is 16.4. The van der Waals surface area contributed by atoms with Gasteiger partial charge in [-0.25, -0.2) is 8.42 Å². The van der Waals surface area contributed by atoms with Gasteiger partial charge in [0.05, 0.1) is 9.82 Å². The van der Waals surface area contributed by atoms with Crippen LogP contribution in [0, 0.1) is 15.5 Å². The third-order valence-electron chi connectivity index (χ3n) is 6.82. The molecule has 0 aromatic heterocycles. The fraction of sp³-hybridized carbons (Fsp3) is 0.308. The minimum Gasteiger partial charge on any atom is -0.370 e. The predicted octanol–water partition coefficient (Wildman–Crippen LogP) is 2.45. The Balaban J connectivity index is 1.64. The first-order valence-electron chi connectivity index (χ1n) is 12.2. The summed E-state index contributed by atoms with van der Waals surface area (Å²) in [6.45, 7) is 0.970. The third-order valence-corrected chi connectivity index (χ3v) is 8.29. The molecule has 4 N–H and O–H groups in total. The van der Waals surface area contributed by atoms with Gasteiger partial charge in [-0.1, -0.05) is 42.5 Å². The molecule has 3 aromatic rings. The van der Waals surface area contributed by atoms with E-state index in [2.05, 4.69) is 4.72 Å². The van der Waals surface area contributed by atoms with Gasteiger partial charge < -0.3 is 15.5 Å². The van der Waals surface area contributed by atoms with Gasteiger partial charge in [-0.2, -0.15) is 4.72 Å². The van der Waals surface area contributed by atoms with Gasteiger partial charge in [-0.15, -0.1) is 0 Å². The van der Waals surface area contributed by atoms with Gasteiger partial charge in [0, 0.05) is 38.3 Å². The van der Waals surface area contributed by atoms with Crippen LogP contribution in [0.4, 0.5) is 5.69 Å². The number of likely N-dealkylation sites (N-methyl/N-ethyl adjacent to an activating group) is 1. The summed E-state index contributed by atoms with van der Waals surface area (Å²) in [4.78, 5) is 27.6. The van der Waals surface area contributed by atoms with E-state index in [1.807, 2.05) is 18.2 Å². The highest BCUT2D eigenvalue weighted by atomic mass is 32.2. The molecule has 0 bridgehead atoms. The number of guanidine groups is 1. The Morgan fingerprint density at radius 2 is 1.92 bits per heavy atom. The van der Waals surface area contributed by atoms with Crippen molar-refractivity contribution in [2.75, 3.05) is 20.1 Å². The maximum atomic E-state index is 13.7. The molecule has 1 amide bonds. The SMILES string of the molecule is CN(C(=O)[C@H](Cc1cccc([N+](=O)[O-])c1)NS(=O)(=O)c1ccc2ccccc2c1)C1CCCN(C(=N)N)C1. The summed E-state index contributed by atoms with van der Waals surface area (Å²) < 4.78 is 29.5. The molecule has 1 heterocycles.